The molecule has 23 heavy (non-hydrogen) atoms. The number of anilines is 1. The third-order valence-electron chi connectivity index (χ3n) is 3.72. The SMILES string of the molecule is CC(=O)c1ccccc1NCC(=O)NCCc1ccccc1C. The molecule has 0 aliphatic rings. The lowest BCUT2D eigenvalue weighted by Gasteiger charge is -2.11. The van der Waals surface area contributed by atoms with Gasteiger partial charge in [-0.25, -0.2) is 0 Å². The molecule has 1 amide bonds. The van der Waals surface area contributed by atoms with Gasteiger partial charge >= 0.3 is 0 Å². The third kappa shape index (κ3) is 4.95. The van der Waals surface area contributed by atoms with Crippen LogP contribution in [-0.4, -0.2) is 24.8 Å². The van der Waals surface area contributed by atoms with Crippen LogP contribution in [0.4, 0.5) is 5.69 Å². The first kappa shape index (κ1) is 16.7. The summed E-state index contributed by atoms with van der Waals surface area (Å²) in [6.45, 7) is 4.33. The van der Waals surface area contributed by atoms with E-state index >= 15 is 0 Å². The largest absolute Gasteiger partial charge is 0.376 e. The molecule has 4 heteroatoms. The van der Waals surface area contributed by atoms with Crippen LogP contribution in [0.5, 0.6) is 0 Å². The summed E-state index contributed by atoms with van der Waals surface area (Å²) in [5, 5.41) is 5.91. The average molecular weight is 310 g/mol. The van der Waals surface area contributed by atoms with E-state index in [0.29, 0.717) is 17.8 Å². The zero-order valence-corrected chi connectivity index (χ0v) is 13.6. The summed E-state index contributed by atoms with van der Waals surface area (Å²) in [5.41, 5.74) is 3.76. The van der Waals surface area contributed by atoms with Crippen molar-refractivity contribution in [2.24, 2.45) is 0 Å². The van der Waals surface area contributed by atoms with Gasteiger partial charge in [0.25, 0.3) is 0 Å². The molecule has 0 radical (unpaired) electrons. The number of hydrogen-bond donors (Lipinski definition) is 2. The Labute approximate surface area is 136 Å². The minimum Gasteiger partial charge on any atom is -0.376 e. The maximum absolute atomic E-state index is 11.9. The van der Waals surface area contributed by atoms with E-state index in [1.807, 2.05) is 24.3 Å². The van der Waals surface area contributed by atoms with E-state index < -0.39 is 0 Å². The van der Waals surface area contributed by atoms with Crippen molar-refractivity contribution in [1.82, 2.24) is 5.32 Å². The van der Waals surface area contributed by atoms with Crippen LogP contribution >= 0.6 is 0 Å². The lowest BCUT2D eigenvalue weighted by atomic mass is 10.1. The van der Waals surface area contributed by atoms with E-state index in [1.165, 1.54) is 18.1 Å². The summed E-state index contributed by atoms with van der Waals surface area (Å²) in [4.78, 5) is 23.4. The second-order valence-corrected chi connectivity index (χ2v) is 5.48. The van der Waals surface area contributed by atoms with E-state index in [-0.39, 0.29) is 18.2 Å². The molecule has 0 bridgehead atoms. The van der Waals surface area contributed by atoms with E-state index in [1.54, 1.807) is 12.1 Å². The van der Waals surface area contributed by atoms with Crippen molar-refractivity contribution in [3.8, 4) is 0 Å². The van der Waals surface area contributed by atoms with Crippen LogP contribution in [0.1, 0.15) is 28.4 Å². The predicted molar refractivity (Wildman–Crippen MR) is 92.8 cm³/mol. The van der Waals surface area contributed by atoms with Gasteiger partial charge in [0.05, 0.1) is 6.54 Å². The molecular formula is C19H22N2O2. The van der Waals surface area contributed by atoms with Crippen LogP contribution < -0.4 is 10.6 Å². The fourth-order valence-corrected chi connectivity index (χ4v) is 2.41. The molecule has 0 aliphatic carbocycles. The standard InChI is InChI=1S/C19H22N2O2/c1-14-7-3-4-8-16(14)11-12-20-19(23)13-21-18-10-6-5-9-17(18)15(2)22/h3-10,21H,11-13H2,1-2H3,(H,20,23). The van der Waals surface area contributed by atoms with Gasteiger partial charge in [0.15, 0.2) is 5.78 Å². The molecule has 0 atom stereocenters. The van der Waals surface area contributed by atoms with E-state index in [0.717, 1.165) is 6.42 Å². The number of hydrogen-bond acceptors (Lipinski definition) is 3. The van der Waals surface area contributed by atoms with E-state index in [2.05, 4.69) is 29.7 Å². The number of nitrogens with one attached hydrogen (secondary N) is 2. The Balaban J connectivity index is 1.80. The third-order valence-corrected chi connectivity index (χ3v) is 3.72. The van der Waals surface area contributed by atoms with Gasteiger partial charge in [-0.1, -0.05) is 36.4 Å². The average Bonchev–Trinajstić information content (AvgIpc) is 2.55. The van der Waals surface area contributed by atoms with Crippen LogP contribution in [0, 0.1) is 6.92 Å². The molecule has 4 nitrogen and oxygen atoms in total. The second kappa shape index (κ2) is 8.13. The Hall–Kier alpha value is -2.62. The zero-order chi connectivity index (χ0) is 16.7. The fraction of sp³-hybridized carbons (Fsp3) is 0.263. The quantitative estimate of drug-likeness (QED) is 0.773. The number of Topliss-reactive ketones (excluding diaryl/α,β-unsaturated/α-hetero) is 1. The molecule has 0 saturated carbocycles. The molecule has 2 N–H and O–H groups in total. The highest BCUT2D eigenvalue weighted by Crippen LogP contribution is 2.14. The molecule has 0 unspecified atom stereocenters. The van der Waals surface area contributed by atoms with Gasteiger partial charge in [0, 0.05) is 17.8 Å². The number of carbonyl (C=O) groups is 2. The lowest BCUT2D eigenvalue weighted by Crippen LogP contribution is -2.31. The minimum atomic E-state index is -0.0862. The summed E-state index contributed by atoms with van der Waals surface area (Å²) in [7, 11) is 0. The molecule has 0 saturated heterocycles. The molecule has 120 valence electrons. The molecular weight excluding hydrogens is 288 g/mol. The highest BCUT2D eigenvalue weighted by molar-refractivity contribution is 6.00. The normalized spacial score (nSPS) is 10.2. The topological polar surface area (TPSA) is 58.2 Å². The fourth-order valence-electron chi connectivity index (χ4n) is 2.41. The van der Waals surface area contributed by atoms with Crippen molar-refractivity contribution in [3.63, 3.8) is 0 Å². The Bertz CT molecular complexity index is 695. The van der Waals surface area contributed by atoms with Gasteiger partial charge in [-0.2, -0.15) is 0 Å². The van der Waals surface area contributed by atoms with Gasteiger partial charge in [0.1, 0.15) is 0 Å². The highest BCUT2D eigenvalue weighted by atomic mass is 16.2. The van der Waals surface area contributed by atoms with Crippen LogP contribution in [0.2, 0.25) is 0 Å². The first-order valence-electron chi connectivity index (χ1n) is 7.73. The number of benzene rings is 2. The van der Waals surface area contributed by atoms with Gasteiger partial charge < -0.3 is 10.6 Å². The molecule has 2 rings (SSSR count). The summed E-state index contributed by atoms with van der Waals surface area (Å²) >= 11 is 0. The van der Waals surface area contributed by atoms with Crippen LogP contribution in [0.3, 0.4) is 0 Å². The number of carbonyl (C=O) groups excluding carboxylic acids is 2. The summed E-state index contributed by atoms with van der Waals surface area (Å²) in [6.07, 6.45) is 0.808. The maximum atomic E-state index is 11.9. The summed E-state index contributed by atoms with van der Waals surface area (Å²) < 4.78 is 0. The Morgan fingerprint density at radius 2 is 1.70 bits per heavy atom. The highest BCUT2D eigenvalue weighted by Gasteiger charge is 2.07. The maximum Gasteiger partial charge on any atom is 0.239 e. The van der Waals surface area contributed by atoms with Crippen LogP contribution in [-0.2, 0) is 11.2 Å². The molecule has 0 fully saturated rings. The minimum absolute atomic E-state index is 0.0203. The number of amides is 1. The Kier molecular flexibility index (Phi) is 5.92. The van der Waals surface area contributed by atoms with Crippen molar-refractivity contribution in [2.45, 2.75) is 20.3 Å². The van der Waals surface area contributed by atoms with Crippen molar-refractivity contribution in [2.75, 3.05) is 18.4 Å². The number of para-hydroxylation sites is 1. The van der Waals surface area contributed by atoms with Crippen molar-refractivity contribution < 1.29 is 9.59 Å². The van der Waals surface area contributed by atoms with Gasteiger partial charge in [-0.3, -0.25) is 9.59 Å². The van der Waals surface area contributed by atoms with Crippen molar-refractivity contribution in [1.29, 1.82) is 0 Å². The molecule has 2 aromatic rings. The first-order chi connectivity index (χ1) is 11.1. The van der Waals surface area contributed by atoms with E-state index in [4.69, 9.17) is 0 Å². The molecule has 0 aliphatic heterocycles. The van der Waals surface area contributed by atoms with Crippen LogP contribution in [0.25, 0.3) is 0 Å². The van der Waals surface area contributed by atoms with Gasteiger partial charge in [0.2, 0.25) is 5.91 Å². The predicted octanol–water partition coefficient (Wildman–Crippen LogP) is 2.97. The zero-order valence-electron chi connectivity index (χ0n) is 13.6. The number of aryl methyl sites for hydroxylation is 1. The molecule has 0 spiro atoms. The number of ketones is 1. The van der Waals surface area contributed by atoms with Gasteiger partial charge in [-0.05, 0) is 43.5 Å². The van der Waals surface area contributed by atoms with Crippen molar-refractivity contribution in [3.05, 3.63) is 65.2 Å². The first-order valence-corrected chi connectivity index (χ1v) is 7.73. The molecule has 0 heterocycles. The molecule has 2 aromatic carbocycles. The monoisotopic (exact) mass is 310 g/mol. The summed E-state index contributed by atoms with van der Waals surface area (Å²) in [6, 6.07) is 15.4. The summed E-state index contributed by atoms with van der Waals surface area (Å²) in [5.74, 6) is -0.106. The van der Waals surface area contributed by atoms with Crippen LogP contribution in [0.15, 0.2) is 48.5 Å². The van der Waals surface area contributed by atoms with Crippen molar-refractivity contribution >= 4 is 17.4 Å². The number of rotatable bonds is 7. The second-order valence-electron chi connectivity index (χ2n) is 5.48. The lowest BCUT2D eigenvalue weighted by molar-refractivity contribution is -0.119. The smallest absolute Gasteiger partial charge is 0.239 e. The van der Waals surface area contributed by atoms with E-state index in [9.17, 15) is 9.59 Å². The Morgan fingerprint density at radius 1 is 1.00 bits per heavy atom. The van der Waals surface area contributed by atoms with Gasteiger partial charge in [-0.15, -0.1) is 0 Å². The Morgan fingerprint density at radius 3 is 2.43 bits per heavy atom. The molecule has 0 aromatic heterocycles.